The van der Waals surface area contributed by atoms with Gasteiger partial charge >= 0.3 is 0 Å². The van der Waals surface area contributed by atoms with Crippen LogP contribution in [-0.2, 0) is 20.7 Å². The molecule has 0 radical (unpaired) electrons. The minimum atomic E-state index is -0.391. The molecule has 3 rings (SSSR count). The van der Waals surface area contributed by atoms with E-state index >= 15 is 0 Å². The van der Waals surface area contributed by atoms with E-state index in [-0.39, 0.29) is 24.8 Å². The lowest BCUT2D eigenvalue weighted by molar-refractivity contribution is -0.123. The minimum absolute atomic E-state index is 0.0232. The van der Waals surface area contributed by atoms with Crippen molar-refractivity contribution in [1.29, 1.82) is 0 Å². The van der Waals surface area contributed by atoms with Crippen LogP contribution in [0.2, 0.25) is 0 Å². The summed E-state index contributed by atoms with van der Waals surface area (Å²) in [7, 11) is 0. The Morgan fingerprint density at radius 2 is 1.81 bits per heavy atom. The molecule has 2 amide bonds. The van der Waals surface area contributed by atoms with Gasteiger partial charge in [-0.25, -0.2) is 4.39 Å². The van der Waals surface area contributed by atoms with Gasteiger partial charge in [0.25, 0.3) is 0 Å². The highest BCUT2D eigenvalue weighted by Gasteiger charge is 2.16. The van der Waals surface area contributed by atoms with Crippen molar-refractivity contribution >= 4 is 23.2 Å². The molecule has 1 aliphatic rings. The summed E-state index contributed by atoms with van der Waals surface area (Å²) >= 11 is 0. The third-order valence-corrected chi connectivity index (χ3v) is 4.23. The molecular formula is C20H22FN3O3. The Hall–Kier alpha value is -2.93. The zero-order chi connectivity index (χ0) is 19.1. The molecule has 2 N–H and O–H groups in total. The van der Waals surface area contributed by atoms with Crippen molar-refractivity contribution in [2.45, 2.75) is 6.42 Å². The normalized spacial score (nSPS) is 13.9. The Morgan fingerprint density at radius 1 is 1.04 bits per heavy atom. The molecule has 1 saturated heterocycles. The second kappa shape index (κ2) is 9.14. The van der Waals surface area contributed by atoms with E-state index < -0.39 is 5.82 Å². The molecule has 0 spiro atoms. The molecular weight excluding hydrogens is 349 g/mol. The number of hydrogen-bond donors (Lipinski definition) is 2. The first-order valence-corrected chi connectivity index (χ1v) is 8.84. The number of hydrogen-bond acceptors (Lipinski definition) is 4. The molecule has 2 aromatic carbocycles. The predicted octanol–water partition coefficient (Wildman–Crippen LogP) is 1.96. The van der Waals surface area contributed by atoms with Gasteiger partial charge in [0.1, 0.15) is 5.82 Å². The second-order valence-electron chi connectivity index (χ2n) is 6.25. The van der Waals surface area contributed by atoms with Crippen LogP contribution >= 0.6 is 0 Å². The third kappa shape index (κ3) is 5.52. The van der Waals surface area contributed by atoms with Gasteiger partial charge in [-0.2, -0.15) is 0 Å². The molecule has 1 fully saturated rings. The van der Waals surface area contributed by atoms with Gasteiger partial charge in [0, 0.05) is 13.1 Å². The van der Waals surface area contributed by atoms with E-state index in [1.165, 1.54) is 12.1 Å². The lowest BCUT2D eigenvalue weighted by atomic mass is 10.1. The number of halogens is 1. The van der Waals surface area contributed by atoms with Gasteiger partial charge < -0.3 is 20.3 Å². The van der Waals surface area contributed by atoms with Gasteiger partial charge in [0.2, 0.25) is 11.8 Å². The Balaban J connectivity index is 1.53. The van der Waals surface area contributed by atoms with Crippen molar-refractivity contribution in [2.75, 3.05) is 43.1 Å². The number of carbonyl (C=O) groups is 2. The van der Waals surface area contributed by atoms with Crippen LogP contribution in [0.15, 0.2) is 48.5 Å². The number of benzene rings is 2. The van der Waals surface area contributed by atoms with Crippen LogP contribution in [0.4, 0.5) is 15.8 Å². The average Bonchev–Trinajstić information content (AvgIpc) is 2.67. The van der Waals surface area contributed by atoms with Crippen molar-refractivity contribution in [1.82, 2.24) is 5.32 Å². The predicted molar refractivity (Wildman–Crippen MR) is 101 cm³/mol. The Kier molecular flexibility index (Phi) is 6.38. The molecule has 0 unspecified atom stereocenters. The van der Waals surface area contributed by atoms with Crippen molar-refractivity contribution < 1.29 is 18.7 Å². The van der Waals surface area contributed by atoms with E-state index in [1.54, 1.807) is 12.1 Å². The number of para-hydroxylation sites is 2. The lowest BCUT2D eigenvalue weighted by Crippen LogP contribution is -2.37. The summed E-state index contributed by atoms with van der Waals surface area (Å²) in [5.74, 6) is -1.04. The van der Waals surface area contributed by atoms with Crippen molar-refractivity contribution in [3.8, 4) is 0 Å². The fourth-order valence-corrected chi connectivity index (χ4v) is 2.93. The number of amides is 2. The molecule has 0 saturated carbocycles. The van der Waals surface area contributed by atoms with Crippen molar-refractivity contribution in [3.05, 3.63) is 59.9 Å². The Bertz CT molecular complexity index is 807. The highest BCUT2D eigenvalue weighted by molar-refractivity contribution is 5.97. The Labute approximate surface area is 157 Å². The molecule has 2 aromatic rings. The monoisotopic (exact) mass is 371 g/mol. The largest absolute Gasteiger partial charge is 0.378 e. The second-order valence-corrected chi connectivity index (χ2v) is 6.25. The Morgan fingerprint density at radius 3 is 2.59 bits per heavy atom. The summed E-state index contributed by atoms with van der Waals surface area (Å²) in [6.07, 6.45) is 0.0232. The standard InChI is InChI=1S/C20H22FN3O3/c21-16-5-3-4-15(12-16)13-19(25)22-14-20(26)23-17-6-1-2-7-18(17)24-8-10-27-11-9-24/h1-7,12H,8-11,13-14H2,(H,22,25)(H,23,26). The highest BCUT2D eigenvalue weighted by atomic mass is 19.1. The van der Waals surface area contributed by atoms with Crippen molar-refractivity contribution in [2.24, 2.45) is 0 Å². The fraction of sp³-hybridized carbons (Fsp3) is 0.300. The summed E-state index contributed by atoms with van der Waals surface area (Å²) < 4.78 is 18.5. The van der Waals surface area contributed by atoms with E-state index in [0.717, 1.165) is 18.8 Å². The first-order valence-electron chi connectivity index (χ1n) is 8.84. The third-order valence-electron chi connectivity index (χ3n) is 4.23. The van der Waals surface area contributed by atoms with Crippen molar-refractivity contribution in [3.63, 3.8) is 0 Å². The van der Waals surface area contributed by atoms with E-state index in [2.05, 4.69) is 15.5 Å². The fourth-order valence-electron chi connectivity index (χ4n) is 2.93. The molecule has 1 heterocycles. The molecule has 0 aromatic heterocycles. The highest BCUT2D eigenvalue weighted by Crippen LogP contribution is 2.26. The van der Waals surface area contributed by atoms with Gasteiger partial charge in [0.15, 0.2) is 0 Å². The number of rotatable bonds is 6. The van der Waals surface area contributed by atoms with Gasteiger partial charge in [-0.1, -0.05) is 24.3 Å². The van der Waals surface area contributed by atoms with Crippen LogP contribution in [0.1, 0.15) is 5.56 Å². The SMILES string of the molecule is O=C(Cc1cccc(F)c1)NCC(=O)Nc1ccccc1N1CCOCC1. The molecule has 7 heteroatoms. The van der Waals surface area contributed by atoms with Gasteiger partial charge in [-0.05, 0) is 29.8 Å². The maximum absolute atomic E-state index is 13.2. The van der Waals surface area contributed by atoms with E-state index in [1.807, 2.05) is 24.3 Å². The number of carbonyl (C=O) groups excluding carboxylic acids is 2. The summed E-state index contributed by atoms with van der Waals surface area (Å²) in [4.78, 5) is 26.3. The topological polar surface area (TPSA) is 70.7 Å². The van der Waals surface area contributed by atoms with E-state index in [4.69, 9.17) is 4.74 Å². The smallest absolute Gasteiger partial charge is 0.243 e. The maximum atomic E-state index is 13.2. The van der Waals surface area contributed by atoms with Crippen LogP contribution < -0.4 is 15.5 Å². The molecule has 6 nitrogen and oxygen atoms in total. The number of ether oxygens (including phenoxy) is 1. The van der Waals surface area contributed by atoms with Gasteiger partial charge in [-0.3, -0.25) is 9.59 Å². The molecule has 1 aliphatic heterocycles. The lowest BCUT2D eigenvalue weighted by Gasteiger charge is -2.30. The quantitative estimate of drug-likeness (QED) is 0.814. The van der Waals surface area contributed by atoms with Crippen LogP contribution in [0.3, 0.4) is 0 Å². The average molecular weight is 371 g/mol. The van der Waals surface area contributed by atoms with Gasteiger partial charge in [-0.15, -0.1) is 0 Å². The molecule has 0 aliphatic carbocycles. The number of anilines is 2. The summed E-state index contributed by atoms with van der Waals surface area (Å²) in [5, 5.41) is 5.40. The number of nitrogens with one attached hydrogen (secondary N) is 2. The summed E-state index contributed by atoms with van der Waals surface area (Å²) in [5.41, 5.74) is 2.19. The van der Waals surface area contributed by atoms with Gasteiger partial charge in [0.05, 0.1) is 37.6 Å². The molecule has 0 atom stereocenters. The van der Waals surface area contributed by atoms with Crippen LogP contribution in [0.5, 0.6) is 0 Å². The molecule has 27 heavy (non-hydrogen) atoms. The van der Waals surface area contributed by atoms with E-state index in [0.29, 0.717) is 24.5 Å². The first kappa shape index (κ1) is 18.8. The van der Waals surface area contributed by atoms with Crippen LogP contribution in [-0.4, -0.2) is 44.7 Å². The van der Waals surface area contributed by atoms with Crippen LogP contribution in [0, 0.1) is 5.82 Å². The zero-order valence-corrected chi connectivity index (χ0v) is 14.9. The zero-order valence-electron chi connectivity index (χ0n) is 14.9. The maximum Gasteiger partial charge on any atom is 0.243 e. The minimum Gasteiger partial charge on any atom is -0.378 e. The summed E-state index contributed by atoms with van der Waals surface area (Å²) in [6.45, 7) is 2.68. The number of nitrogens with zero attached hydrogens (tertiary/aromatic N) is 1. The van der Waals surface area contributed by atoms with E-state index in [9.17, 15) is 14.0 Å². The molecule has 142 valence electrons. The first-order chi connectivity index (χ1) is 13.1. The van der Waals surface area contributed by atoms with Crippen LogP contribution in [0.25, 0.3) is 0 Å². The summed E-state index contributed by atoms with van der Waals surface area (Å²) in [6, 6.07) is 13.4. The number of morpholine rings is 1. The molecule has 0 bridgehead atoms.